The van der Waals surface area contributed by atoms with Crippen LogP contribution in [0.25, 0.3) is 0 Å². The summed E-state index contributed by atoms with van der Waals surface area (Å²) in [7, 11) is 1.73. The Morgan fingerprint density at radius 3 is 2.37 bits per heavy atom. The summed E-state index contributed by atoms with van der Waals surface area (Å²) in [5.41, 5.74) is 1.67. The zero-order chi connectivity index (χ0) is 20.0. The van der Waals surface area contributed by atoms with Crippen LogP contribution in [0.2, 0.25) is 0 Å². The highest BCUT2D eigenvalue weighted by Crippen LogP contribution is 2.31. The highest BCUT2D eigenvalue weighted by molar-refractivity contribution is 6.07. The fraction of sp³-hybridized carbons (Fsp3) is 0.263. The summed E-state index contributed by atoms with van der Waals surface area (Å²) in [5, 5.41) is 19.7. The first-order valence-corrected chi connectivity index (χ1v) is 8.54. The largest absolute Gasteiger partial charge is 0.386 e. The molecule has 2 rings (SSSR count). The van der Waals surface area contributed by atoms with Crippen molar-refractivity contribution in [2.24, 2.45) is 0 Å². The van der Waals surface area contributed by atoms with E-state index in [-0.39, 0.29) is 29.3 Å². The van der Waals surface area contributed by atoms with E-state index in [9.17, 15) is 19.7 Å². The molecular formula is C19H22N4O4. The smallest absolute Gasteiger partial charge is 0.293 e. The maximum absolute atomic E-state index is 12.6. The predicted molar refractivity (Wildman–Crippen MR) is 105 cm³/mol. The maximum Gasteiger partial charge on any atom is 0.293 e. The number of nitro benzene ring substituents is 1. The Labute approximate surface area is 157 Å². The minimum atomic E-state index is -0.604. The third-order valence-corrected chi connectivity index (χ3v) is 3.96. The van der Waals surface area contributed by atoms with Crippen molar-refractivity contribution in [3.63, 3.8) is 0 Å². The summed E-state index contributed by atoms with van der Waals surface area (Å²) < 4.78 is 0. The van der Waals surface area contributed by atoms with Crippen LogP contribution in [0.1, 0.15) is 35.7 Å². The number of amides is 2. The third-order valence-electron chi connectivity index (χ3n) is 3.96. The number of nitrogens with one attached hydrogen (secondary N) is 3. The minimum Gasteiger partial charge on any atom is -0.386 e. The number of rotatable bonds is 7. The molecule has 2 aromatic carbocycles. The van der Waals surface area contributed by atoms with Crippen molar-refractivity contribution in [3.8, 4) is 0 Å². The molecule has 0 saturated heterocycles. The second-order valence-corrected chi connectivity index (χ2v) is 5.99. The van der Waals surface area contributed by atoms with Gasteiger partial charge in [-0.1, -0.05) is 19.1 Å². The van der Waals surface area contributed by atoms with Gasteiger partial charge in [0, 0.05) is 25.1 Å². The number of carbonyl (C=O) groups is 2. The van der Waals surface area contributed by atoms with Crippen molar-refractivity contribution >= 4 is 34.6 Å². The number of hydrogen-bond donors (Lipinski definition) is 3. The minimum absolute atomic E-state index is 0.116. The van der Waals surface area contributed by atoms with Crippen molar-refractivity contribution in [3.05, 3.63) is 57.6 Å². The number of hydrogen-bond acceptors (Lipinski definition) is 5. The normalized spacial score (nSPS) is 10.2. The molecule has 2 amide bonds. The number of aryl methyl sites for hydroxylation is 1. The molecule has 0 unspecified atom stereocenters. The average molecular weight is 370 g/mol. The lowest BCUT2D eigenvalue weighted by molar-refractivity contribution is -0.384. The summed E-state index contributed by atoms with van der Waals surface area (Å²) in [6.45, 7) is 3.46. The van der Waals surface area contributed by atoms with Crippen LogP contribution in [0.5, 0.6) is 0 Å². The molecule has 0 saturated carbocycles. The van der Waals surface area contributed by atoms with Crippen molar-refractivity contribution < 1.29 is 14.5 Å². The average Bonchev–Trinajstić information content (AvgIpc) is 2.63. The fourth-order valence-electron chi connectivity index (χ4n) is 2.64. The van der Waals surface area contributed by atoms with E-state index in [1.54, 1.807) is 32.2 Å². The Morgan fingerprint density at radius 2 is 1.78 bits per heavy atom. The monoisotopic (exact) mass is 370 g/mol. The number of nitrogens with zero attached hydrogens (tertiary/aromatic N) is 1. The molecule has 0 fully saturated rings. The van der Waals surface area contributed by atoms with E-state index in [1.807, 2.05) is 13.0 Å². The van der Waals surface area contributed by atoms with Gasteiger partial charge >= 0.3 is 0 Å². The van der Waals surface area contributed by atoms with E-state index in [0.717, 1.165) is 5.69 Å². The number of para-hydroxylation sites is 2. The van der Waals surface area contributed by atoms with Crippen molar-refractivity contribution in [1.82, 2.24) is 0 Å². The summed E-state index contributed by atoms with van der Waals surface area (Å²) in [6, 6.07) is 9.82. The van der Waals surface area contributed by atoms with E-state index >= 15 is 0 Å². The van der Waals surface area contributed by atoms with Gasteiger partial charge < -0.3 is 16.0 Å². The van der Waals surface area contributed by atoms with Crippen LogP contribution in [0.4, 0.5) is 22.7 Å². The molecule has 8 nitrogen and oxygen atoms in total. The molecule has 0 aliphatic carbocycles. The summed E-state index contributed by atoms with van der Waals surface area (Å²) in [4.78, 5) is 35.3. The van der Waals surface area contributed by atoms with E-state index in [0.29, 0.717) is 17.7 Å². The molecule has 0 atom stereocenters. The van der Waals surface area contributed by atoms with Crippen LogP contribution in [0.15, 0.2) is 36.4 Å². The predicted octanol–water partition coefficient (Wildman–Crippen LogP) is 3.94. The van der Waals surface area contributed by atoms with Crippen LogP contribution < -0.4 is 16.0 Å². The topological polar surface area (TPSA) is 113 Å². The van der Waals surface area contributed by atoms with E-state index in [1.165, 1.54) is 12.1 Å². The molecule has 0 spiro atoms. The van der Waals surface area contributed by atoms with Gasteiger partial charge in [-0.25, -0.2) is 0 Å². The second kappa shape index (κ2) is 8.79. The Kier molecular flexibility index (Phi) is 6.48. The lowest BCUT2D eigenvalue weighted by atomic mass is 10.1. The highest BCUT2D eigenvalue weighted by Gasteiger charge is 2.22. The zero-order valence-electron chi connectivity index (χ0n) is 15.5. The maximum atomic E-state index is 12.6. The lowest BCUT2D eigenvalue weighted by Crippen LogP contribution is -2.16. The number of nitro groups is 1. The Hall–Kier alpha value is -3.42. The lowest BCUT2D eigenvalue weighted by Gasteiger charge is -2.13. The molecule has 3 N–H and O–H groups in total. The van der Waals surface area contributed by atoms with E-state index < -0.39 is 10.8 Å². The number of carbonyl (C=O) groups excluding carboxylic acids is 2. The van der Waals surface area contributed by atoms with Gasteiger partial charge in [-0.3, -0.25) is 19.7 Å². The fourth-order valence-corrected chi connectivity index (χ4v) is 2.64. The quantitative estimate of drug-likeness (QED) is 0.505. The van der Waals surface area contributed by atoms with Crippen molar-refractivity contribution in [2.45, 2.75) is 26.7 Å². The SMILES string of the molecule is CCCC(=O)Nc1c(C)cc(C(=O)Nc2ccccc2NC)cc1[N+](=O)[O-]. The van der Waals surface area contributed by atoms with Crippen LogP contribution >= 0.6 is 0 Å². The van der Waals surface area contributed by atoms with Gasteiger partial charge in [0.05, 0.1) is 16.3 Å². The van der Waals surface area contributed by atoms with Crippen molar-refractivity contribution in [2.75, 3.05) is 23.0 Å². The molecule has 8 heteroatoms. The van der Waals surface area contributed by atoms with Crippen LogP contribution in [-0.2, 0) is 4.79 Å². The summed E-state index contributed by atoms with van der Waals surface area (Å²) in [5.74, 6) is -0.779. The van der Waals surface area contributed by atoms with Crippen LogP contribution in [0, 0.1) is 17.0 Å². The molecule has 0 aliphatic heterocycles. The van der Waals surface area contributed by atoms with Gasteiger partial charge in [0.1, 0.15) is 5.69 Å². The molecule has 0 aromatic heterocycles. The first-order valence-electron chi connectivity index (χ1n) is 8.54. The van der Waals surface area contributed by atoms with Crippen LogP contribution in [0.3, 0.4) is 0 Å². The van der Waals surface area contributed by atoms with Gasteiger partial charge in [0.2, 0.25) is 5.91 Å². The molecular weight excluding hydrogens is 348 g/mol. The molecule has 2 aromatic rings. The molecule has 0 heterocycles. The first-order chi connectivity index (χ1) is 12.9. The Bertz CT molecular complexity index is 880. The van der Waals surface area contributed by atoms with Crippen LogP contribution in [-0.4, -0.2) is 23.8 Å². The zero-order valence-corrected chi connectivity index (χ0v) is 15.5. The van der Waals surface area contributed by atoms with Gasteiger partial charge in [-0.2, -0.15) is 0 Å². The van der Waals surface area contributed by atoms with E-state index in [2.05, 4.69) is 16.0 Å². The van der Waals surface area contributed by atoms with E-state index in [4.69, 9.17) is 0 Å². The van der Waals surface area contributed by atoms with Gasteiger partial charge in [-0.15, -0.1) is 0 Å². The highest BCUT2D eigenvalue weighted by atomic mass is 16.6. The number of anilines is 3. The molecule has 27 heavy (non-hydrogen) atoms. The second-order valence-electron chi connectivity index (χ2n) is 5.99. The summed E-state index contributed by atoms with van der Waals surface area (Å²) >= 11 is 0. The van der Waals surface area contributed by atoms with Gasteiger partial charge in [0.25, 0.3) is 11.6 Å². The first kappa shape index (κ1) is 19.9. The van der Waals surface area contributed by atoms with Gasteiger partial charge in [0.15, 0.2) is 0 Å². The molecule has 142 valence electrons. The summed E-state index contributed by atoms with van der Waals surface area (Å²) in [6.07, 6.45) is 0.893. The van der Waals surface area contributed by atoms with Crippen molar-refractivity contribution in [1.29, 1.82) is 0 Å². The Balaban J connectivity index is 2.36. The third kappa shape index (κ3) is 4.81. The van der Waals surface area contributed by atoms with Gasteiger partial charge in [-0.05, 0) is 37.1 Å². The molecule has 0 bridgehead atoms. The number of benzene rings is 2. The molecule has 0 radical (unpaired) electrons. The molecule has 0 aliphatic rings. The Morgan fingerprint density at radius 1 is 1.11 bits per heavy atom. The standard InChI is InChI=1S/C19H22N4O4/c1-4-7-17(24)22-18-12(2)10-13(11-16(18)23(26)27)19(25)21-15-9-6-5-8-14(15)20-3/h5-6,8-11,20H,4,7H2,1-3H3,(H,21,25)(H,22,24).